The minimum atomic E-state index is -0.891. The molecule has 0 radical (unpaired) electrons. The number of carbonyl (C=O) groups is 1. The number of thiazole rings is 1. The van der Waals surface area contributed by atoms with Gasteiger partial charge in [-0.2, -0.15) is 0 Å². The number of anilines is 1. The smallest absolute Gasteiger partial charge is 0.347 e. The second kappa shape index (κ2) is 4.03. The first-order valence-corrected chi connectivity index (χ1v) is 6.05. The highest BCUT2D eigenvalue weighted by molar-refractivity contribution is 7.17. The van der Waals surface area contributed by atoms with Crippen LogP contribution in [0.5, 0.6) is 0 Å². The molecule has 2 rings (SSSR count). The molecular formula is C10H15N3O2S. The van der Waals surface area contributed by atoms with Crippen LogP contribution in [0.25, 0.3) is 0 Å². The number of carboxylic acid groups (broad SMARTS) is 1. The number of aromatic carboxylic acids is 1. The molecule has 2 heterocycles. The van der Waals surface area contributed by atoms with Gasteiger partial charge in [0, 0.05) is 19.1 Å². The second-order valence-electron chi connectivity index (χ2n) is 4.34. The fourth-order valence-electron chi connectivity index (χ4n) is 1.67. The number of nitrogens with zero attached hydrogens (tertiary/aromatic N) is 2. The number of carboxylic acids is 1. The lowest BCUT2D eigenvalue weighted by Crippen LogP contribution is -2.55. The first-order chi connectivity index (χ1) is 7.49. The van der Waals surface area contributed by atoms with Crippen LogP contribution in [0.1, 0.15) is 35.1 Å². The summed E-state index contributed by atoms with van der Waals surface area (Å²) in [4.78, 5) is 17.8. The molecular weight excluding hydrogens is 226 g/mol. The van der Waals surface area contributed by atoms with Gasteiger partial charge in [-0.3, -0.25) is 0 Å². The summed E-state index contributed by atoms with van der Waals surface area (Å²) in [5.74, 6) is -0.761. The Balaban J connectivity index is 2.28. The van der Waals surface area contributed by atoms with Crippen molar-refractivity contribution in [1.82, 2.24) is 4.98 Å². The van der Waals surface area contributed by atoms with E-state index in [0.29, 0.717) is 10.6 Å². The Morgan fingerprint density at radius 3 is 2.62 bits per heavy atom. The van der Waals surface area contributed by atoms with Gasteiger partial charge in [0.2, 0.25) is 0 Å². The Labute approximate surface area is 97.9 Å². The van der Waals surface area contributed by atoms with Crippen LogP contribution in [0.3, 0.4) is 0 Å². The van der Waals surface area contributed by atoms with Crippen molar-refractivity contribution >= 4 is 22.4 Å². The highest BCUT2D eigenvalue weighted by Gasteiger charge is 2.28. The Morgan fingerprint density at radius 1 is 1.62 bits per heavy atom. The van der Waals surface area contributed by atoms with Gasteiger partial charge in [0.15, 0.2) is 5.13 Å². The van der Waals surface area contributed by atoms with Gasteiger partial charge in [-0.1, -0.05) is 25.2 Å². The highest BCUT2D eigenvalue weighted by Crippen LogP contribution is 2.32. The fourth-order valence-corrected chi connectivity index (χ4v) is 2.75. The SMILES string of the molecule is CC(C)c1nc(N2CC(N)C2)sc1C(=O)O. The molecule has 0 saturated carbocycles. The van der Waals surface area contributed by atoms with Crippen LogP contribution < -0.4 is 10.6 Å². The Hall–Kier alpha value is -1.14. The quantitative estimate of drug-likeness (QED) is 0.828. The van der Waals surface area contributed by atoms with Crippen molar-refractivity contribution in [3.63, 3.8) is 0 Å². The van der Waals surface area contributed by atoms with E-state index in [0.717, 1.165) is 18.2 Å². The van der Waals surface area contributed by atoms with Gasteiger partial charge in [0.05, 0.1) is 5.69 Å². The standard InChI is InChI=1S/C10H15N3O2S/c1-5(2)7-8(9(14)15)16-10(12-7)13-3-6(11)4-13/h5-6H,3-4,11H2,1-2H3,(H,14,15). The average Bonchev–Trinajstić information content (AvgIpc) is 2.57. The minimum Gasteiger partial charge on any atom is -0.477 e. The maximum atomic E-state index is 11.1. The van der Waals surface area contributed by atoms with Crippen molar-refractivity contribution in [3.05, 3.63) is 10.6 Å². The number of rotatable bonds is 3. The van der Waals surface area contributed by atoms with E-state index in [4.69, 9.17) is 10.8 Å². The van der Waals surface area contributed by atoms with Crippen LogP contribution in [0.4, 0.5) is 5.13 Å². The third-order valence-corrected chi connectivity index (χ3v) is 3.68. The van der Waals surface area contributed by atoms with Crippen molar-refractivity contribution in [2.75, 3.05) is 18.0 Å². The van der Waals surface area contributed by atoms with E-state index in [-0.39, 0.29) is 12.0 Å². The predicted octanol–water partition coefficient (Wildman–Crippen LogP) is 1.11. The Kier molecular flexibility index (Phi) is 2.86. The summed E-state index contributed by atoms with van der Waals surface area (Å²) >= 11 is 1.24. The molecule has 88 valence electrons. The lowest BCUT2D eigenvalue weighted by molar-refractivity contribution is 0.0700. The van der Waals surface area contributed by atoms with Crippen LogP contribution >= 0.6 is 11.3 Å². The van der Waals surface area contributed by atoms with Gasteiger partial charge in [-0.05, 0) is 5.92 Å². The van der Waals surface area contributed by atoms with Crippen molar-refractivity contribution in [2.24, 2.45) is 5.73 Å². The predicted molar refractivity (Wildman–Crippen MR) is 63.4 cm³/mol. The molecule has 0 spiro atoms. The van der Waals surface area contributed by atoms with Crippen molar-refractivity contribution in [2.45, 2.75) is 25.8 Å². The van der Waals surface area contributed by atoms with E-state index in [1.54, 1.807) is 0 Å². The number of aromatic nitrogens is 1. The van der Waals surface area contributed by atoms with E-state index < -0.39 is 5.97 Å². The molecule has 0 unspecified atom stereocenters. The summed E-state index contributed by atoms with van der Waals surface area (Å²) in [6.45, 7) is 5.44. The van der Waals surface area contributed by atoms with Crippen LogP contribution in [-0.2, 0) is 0 Å². The summed E-state index contributed by atoms with van der Waals surface area (Å²) in [6.07, 6.45) is 0. The largest absolute Gasteiger partial charge is 0.477 e. The van der Waals surface area contributed by atoms with Crippen LogP contribution in [0.15, 0.2) is 0 Å². The van der Waals surface area contributed by atoms with Gasteiger partial charge in [0.25, 0.3) is 0 Å². The van der Waals surface area contributed by atoms with Crippen molar-refractivity contribution < 1.29 is 9.90 Å². The zero-order chi connectivity index (χ0) is 11.9. The maximum Gasteiger partial charge on any atom is 0.347 e. The third-order valence-electron chi connectivity index (χ3n) is 2.56. The monoisotopic (exact) mass is 241 g/mol. The molecule has 3 N–H and O–H groups in total. The van der Waals surface area contributed by atoms with E-state index >= 15 is 0 Å². The topological polar surface area (TPSA) is 79.5 Å². The van der Waals surface area contributed by atoms with Crippen LogP contribution in [-0.4, -0.2) is 35.2 Å². The summed E-state index contributed by atoms with van der Waals surface area (Å²) in [5.41, 5.74) is 6.36. The zero-order valence-electron chi connectivity index (χ0n) is 9.30. The molecule has 0 bridgehead atoms. The Bertz CT molecular complexity index is 410. The number of hydrogen-bond acceptors (Lipinski definition) is 5. The lowest BCUT2D eigenvalue weighted by atomic mass is 10.1. The maximum absolute atomic E-state index is 11.1. The zero-order valence-corrected chi connectivity index (χ0v) is 10.1. The van der Waals surface area contributed by atoms with Gasteiger partial charge in [-0.25, -0.2) is 9.78 Å². The van der Waals surface area contributed by atoms with Gasteiger partial charge in [-0.15, -0.1) is 0 Å². The van der Waals surface area contributed by atoms with Gasteiger partial charge >= 0.3 is 5.97 Å². The highest BCUT2D eigenvalue weighted by atomic mass is 32.1. The van der Waals surface area contributed by atoms with Crippen LogP contribution in [0.2, 0.25) is 0 Å². The number of nitrogens with two attached hydrogens (primary N) is 1. The van der Waals surface area contributed by atoms with Crippen LogP contribution in [0, 0.1) is 0 Å². The van der Waals surface area contributed by atoms with E-state index in [2.05, 4.69) is 4.98 Å². The second-order valence-corrected chi connectivity index (χ2v) is 5.31. The summed E-state index contributed by atoms with van der Waals surface area (Å²) in [5, 5.41) is 9.86. The van der Waals surface area contributed by atoms with Crippen molar-refractivity contribution in [3.8, 4) is 0 Å². The fraction of sp³-hybridized carbons (Fsp3) is 0.600. The molecule has 1 fully saturated rings. The van der Waals surface area contributed by atoms with Gasteiger partial charge < -0.3 is 15.7 Å². The molecule has 1 aliphatic heterocycles. The summed E-state index contributed by atoms with van der Waals surface area (Å²) in [7, 11) is 0. The normalized spacial score (nSPS) is 16.6. The molecule has 0 aromatic carbocycles. The molecule has 0 amide bonds. The lowest BCUT2D eigenvalue weighted by Gasteiger charge is -2.36. The molecule has 0 atom stereocenters. The van der Waals surface area contributed by atoms with E-state index in [1.165, 1.54) is 11.3 Å². The first-order valence-electron chi connectivity index (χ1n) is 5.23. The van der Waals surface area contributed by atoms with E-state index in [9.17, 15) is 4.79 Å². The molecule has 16 heavy (non-hydrogen) atoms. The third kappa shape index (κ3) is 1.90. The molecule has 1 aromatic rings. The summed E-state index contributed by atoms with van der Waals surface area (Å²) in [6, 6.07) is 0.194. The van der Waals surface area contributed by atoms with Crippen molar-refractivity contribution in [1.29, 1.82) is 0 Å². The molecule has 0 aliphatic carbocycles. The number of hydrogen-bond donors (Lipinski definition) is 2. The minimum absolute atomic E-state index is 0.131. The Morgan fingerprint density at radius 2 is 2.25 bits per heavy atom. The molecule has 1 aromatic heterocycles. The molecule has 5 nitrogen and oxygen atoms in total. The van der Waals surface area contributed by atoms with Gasteiger partial charge in [0.1, 0.15) is 4.88 Å². The molecule has 1 saturated heterocycles. The van der Waals surface area contributed by atoms with E-state index in [1.807, 2.05) is 18.7 Å². The average molecular weight is 241 g/mol. The molecule has 1 aliphatic rings. The first kappa shape index (κ1) is 11.3. The molecule has 6 heteroatoms. The summed E-state index contributed by atoms with van der Waals surface area (Å²) < 4.78 is 0.